The van der Waals surface area contributed by atoms with E-state index in [4.69, 9.17) is 9.15 Å². The second-order valence-electron chi connectivity index (χ2n) is 7.08. The fourth-order valence-corrected chi connectivity index (χ4v) is 4.52. The molecule has 2 atom stereocenters. The van der Waals surface area contributed by atoms with Crippen LogP contribution in [0.2, 0.25) is 0 Å². The lowest BCUT2D eigenvalue weighted by Gasteiger charge is -2.28. The highest BCUT2D eigenvalue weighted by Gasteiger charge is 2.40. The maximum absolute atomic E-state index is 10.1. The number of furan rings is 1. The molecule has 2 unspecified atom stereocenters. The van der Waals surface area contributed by atoms with E-state index in [-0.39, 0.29) is 12.0 Å². The molecule has 0 aliphatic carbocycles. The molecule has 1 aliphatic rings. The number of rotatable bonds is 3. The van der Waals surface area contributed by atoms with Gasteiger partial charge in [0.15, 0.2) is 0 Å². The Bertz CT molecular complexity index is 1230. The van der Waals surface area contributed by atoms with Crippen molar-refractivity contribution in [3.63, 3.8) is 0 Å². The number of hydrogen-bond acceptors (Lipinski definition) is 4. The van der Waals surface area contributed by atoms with Gasteiger partial charge in [-0.25, -0.2) is 0 Å². The van der Waals surface area contributed by atoms with Crippen LogP contribution in [0.5, 0.6) is 5.75 Å². The van der Waals surface area contributed by atoms with Crippen molar-refractivity contribution in [2.24, 2.45) is 0 Å². The minimum atomic E-state index is -0.264. The second kappa shape index (κ2) is 6.31. The SMILES string of the molecule is CCN1c2cc(OC)ccc2C(C#N)C1c1cccc2c1oc1ccccc12. The lowest BCUT2D eigenvalue weighted by Crippen LogP contribution is -2.26. The largest absolute Gasteiger partial charge is 0.497 e. The van der Waals surface area contributed by atoms with E-state index in [1.54, 1.807) is 7.11 Å². The van der Waals surface area contributed by atoms with Crippen LogP contribution in [0.1, 0.15) is 30.0 Å². The van der Waals surface area contributed by atoms with Gasteiger partial charge in [0.2, 0.25) is 0 Å². The highest BCUT2D eigenvalue weighted by Crippen LogP contribution is 2.51. The van der Waals surface area contributed by atoms with Gasteiger partial charge in [-0.2, -0.15) is 5.26 Å². The molecule has 1 aromatic heterocycles. The number of hydrogen-bond donors (Lipinski definition) is 0. The Kier molecular flexibility index (Phi) is 3.77. The Morgan fingerprint density at radius 3 is 2.64 bits per heavy atom. The highest BCUT2D eigenvalue weighted by molar-refractivity contribution is 6.06. The summed E-state index contributed by atoms with van der Waals surface area (Å²) in [6.45, 7) is 2.91. The lowest BCUT2D eigenvalue weighted by atomic mass is 9.90. The summed E-state index contributed by atoms with van der Waals surface area (Å²) in [5, 5.41) is 12.3. The molecule has 4 nitrogen and oxygen atoms in total. The van der Waals surface area contributed by atoms with Gasteiger partial charge in [0.05, 0.1) is 25.1 Å². The fraction of sp³-hybridized carbons (Fsp3) is 0.208. The van der Waals surface area contributed by atoms with Crippen LogP contribution in [0.15, 0.2) is 65.1 Å². The first-order chi connectivity index (χ1) is 13.8. The first-order valence-corrected chi connectivity index (χ1v) is 9.51. The van der Waals surface area contributed by atoms with E-state index in [0.29, 0.717) is 0 Å². The third-order valence-electron chi connectivity index (χ3n) is 5.77. The van der Waals surface area contributed by atoms with Crippen molar-refractivity contribution in [3.8, 4) is 11.8 Å². The average Bonchev–Trinajstić information content (AvgIpc) is 3.28. The zero-order chi connectivity index (χ0) is 19.3. The van der Waals surface area contributed by atoms with Crippen molar-refractivity contribution in [2.75, 3.05) is 18.6 Å². The quantitative estimate of drug-likeness (QED) is 0.460. The molecule has 0 radical (unpaired) electrons. The topological polar surface area (TPSA) is 49.4 Å². The summed E-state index contributed by atoms with van der Waals surface area (Å²) >= 11 is 0. The third kappa shape index (κ3) is 2.23. The van der Waals surface area contributed by atoms with E-state index in [1.807, 2.05) is 36.4 Å². The van der Waals surface area contributed by atoms with Gasteiger partial charge in [0.1, 0.15) is 16.9 Å². The van der Waals surface area contributed by atoms with Crippen molar-refractivity contribution in [3.05, 3.63) is 71.8 Å². The Hall–Kier alpha value is -3.45. The number of anilines is 1. The molecule has 0 saturated carbocycles. The smallest absolute Gasteiger partial charge is 0.140 e. The summed E-state index contributed by atoms with van der Waals surface area (Å²) in [5.41, 5.74) is 4.90. The van der Waals surface area contributed by atoms with Gasteiger partial charge in [-0.05, 0) is 24.6 Å². The molecule has 0 spiro atoms. The number of benzene rings is 3. The first-order valence-electron chi connectivity index (χ1n) is 9.51. The zero-order valence-electron chi connectivity index (χ0n) is 15.8. The van der Waals surface area contributed by atoms with Crippen molar-refractivity contribution < 1.29 is 9.15 Å². The monoisotopic (exact) mass is 368 g/mol. The predicted octanol–water partition coefficient (Wildman–Crippen LogP) is 5.78. The van der Waals surface area contributed by atoms with Gasteiger partial charge in [-0.1, -0.05) is 42.5 Å². The van der Waals surface area contributed by atoms with Gasteiger partial charge in [-0.3, -0.25) is 0 Å². The summed E-state index contributed by atoms with van der Waals surface area (Å²) in [6.07, 6.45) is 0. The van der Waals surface area contributed by atoms with Crippen LogP contribution in [-0.2, 0) is 0 Å². The molecule has 0 N–H and O–H groups in total. The summed E-state index contributed by atoms with van der Waals surface area (Å²) < 4.78 is 11.7. The van der Waals surface area contributed by atoms with Crippen LogP contribution in [0, 0.1) is 11.3 Å². The molecular formula is C24H20N2O2. The first kappa shape index (κ1) is 16.7. The summed E-state index contributed by atoms with van der Waals surface area (Å²) in [4.78, 5) is 2.29. The minimum absolute atomic E-state index is 0.0960. The van der Waals surface area contributed by atoms with E-state index < -0.39 is 0 Å². The molecule has 2 heterocycles. The Morgan fingerprint density at radius 1 is 1.04 bits per heavy atom. The highest BCUT2D eigenvalue weighted by atomic mass is 16.5. The van der Waals surface area contributed by atoms with Crippen molar-refractivity contribution in [1.82, 2.24) is 0 Å². The fourth-order valence-electron chi connectivity index (χ4n) is 4.52. The number of ether oxygens (including phenoxy) is 1. The van der Waals surface area contributed by atoms with Gasteiger partial charge >= 0.3 is 0 Å². The van der Waals surface area contributed by atoms with Crippen molar-refractivity contribution in [1.29, 1.82) is 5.26 Å². The normalized spacial score (nSPS) is 18.4. The van der Waals surface area contributed by atoms with Crippen LogP contribution in [-0.4, -0.2) is 13.7 Å². The number of nitriles is 1. The number of fused-ring (bicyclic) bond motifs is 4. The molecule has 0 fully saturated rings. The Balaban J connectivity index is 1.75. The van der Waals surface area contributed by atoms with Crippen molar-refractivity contribution >= 4 is 27.6 Å². The van der Waals surface area contributed by atoms with Crippen LogP contribution in [0.4, 0.5) is 5.69 Å². The van der Waals surface area contributed by atoms with Crippen LogP contribution in [0.25, 0.3) is 21.9 Å². The maximum Gasteiger partial charge on any atom is 0.140 e. The van der Waals surface area contributed by atoms with Gasteiger partial charge in [-0.15, -0.1) is 0 Å². The van der Waals surface area contributed by atoms with E-state index in [9.17, 15) is 5.26 Å². The molecule has 4 aromatic rings. The Morgan fingerprint density at radius 2 is 1.86 bits per heavy atom. The lowest BCUT2D eigenvalue weighted by molar-refractivity contribution is 0.415. The molecule has 28 heavy (non-hydrogen) atoms. The second-order valence-corrected chi connectivity index (χ2v) is 7.08. The van der Waals surface area contributed by atoms with E-state index in [1.165, 1.54) is 0 Å². The predicted molar refractivity (Wildman–Crippen MR) is 111 cm³/mol. The molecule has 1 aliphatic heterocycles. The van der Waals surface area contributed by atoms with Crippen molar-refractivity contribution in [2.45, 2.75) is 18.9 Å². The van der Waals surface area contributed by atoms with E-state index >= 15 is 0 Å². The standard InChI is InChI=1S/C24H20N2O2/c1-3-26-21-13-15(27-2)11-12-16(21)20(14-25)23(26)19-9-6-8-18-17-7-4-5-10-22(17)28-24(18)19/h4-13,20,23H,3H2,1-2H3. The number of methoxy groups -OCH3 is 1. The van der Waals surface area contributed by atoms with E-state index in [0.717, 1.165) is 51.0 Å². The molecule has 138 valence electrons. The minimum Gasteiger partial charge on any atom is -0.497 e. The Labute approximate surface area is 163 Å². The third-order valence-corrected chi connectivity index (χ3v) is 5.77. The summed E-state index contributed by atoms with van der Waals surface area (Å²) in [6, 6.07) is 22.8. The zero-order valence-corrected chi connectivity index (χ0v) is 15.8. The molecule has 0 bridgehead atoms. The van der Waals surface area contributed by atoms with Gasteiger partial charge in [0, 0.05) is 34.6 Å². The van der Waals surface area contributed by atoms with Crippen LogP contribution >= 0.6 is 0 Å². The molecule has 3 aromatic carbocycles. The van der Waals surface area contributed by atoms with Crippen LogP contribution < -0.4 is 9.64 Å². The van der Waals surface area contributed by atoms with Crippen LogP contribution in [0.3, 0.4) is 0 Å². The number of likely N-dealkylation sites (N-methyl/N-ethyl adjacent to an activating group) is 1. The average molecular weight is 368 g/mol. The maximum atomic E-state index is 10.1. The number of nitrogens with zero attached hydrogens (tertiary/aromatic N) is 2. The molecule has 0 saturated heterocycles. The molecule has 0 amide bonds. The molecule has 5 rings (SSSR count). The summed E-state index contributed by atoms with van der Waals surface area (Å²) in [7, 11) is 1.67. The molecule has 4 heteroatoms. The van der Waals surface area contributed by atoms with Gasteiger partial charge < -0.3 is 14.1 Å². The van der Waals surface area contributed by atoms with E-state index in [2.05, 4.69) is 42.2 Å². The van der Waals surface area contributed by atoms with Gasteiger partial charge in [0.25, 0.3) is 0 Å². The summed E-state index contributed by atoms with van der Waals surface area (Å²) in [5.74, 6) is 0.538. The number of para-hydroxylation sites is 2. The molecular weight excluding hydrogens is 348 g/mol.